The summed E-state index contributed by atoms with van der Waals surface area (Å²) in [6.07, 6.45) is 1.94. The van der Waals surface area contributed by atoms with E-state index in [1.807, 2.05) is 0 Å². The average Bonchev–Trinajstić information content (AvgIpc) is 2.77. The SMILES string of the molecule is CCCCN(C)C(=O)c1ccc(N2C(=O)CCS2(=O)=O)cc1. The van der Waals surface area contributed by atoms with E-state index in [0.717, 1.165) is 17.1 Å². The van der Waals surface area contributed by atoms with Crippen LogP contribution in [0.3, 0.4) is 0 Å². The van der Waals surface area contributed by atoms with Gasteiger partial charge < -0.3 is 4.90 Å². The van der Waals surface area contributed by atoms with E-state index in [-0.39, 0.29) is 23.8 Å². The molecule has 0 unspecified atom stereocenters. The van der Waals surface area contributed by atoms with Gasteiger partial charge in [-0.2, -0.15) is 0 Å². The molecule has 22 heavy (non-hydrogen) atoms. The summed E-state index contributed by atoms with van der Waals surface area (Å²) in [5, 5.41) is 0. The minimum Gasteiger partial charge on any atom is -0.342 e. The molecule has 6 nitrogen and oxygen atoms in total. The van der Waals surface area contributed by atoms with Crippen molar-refractivity contribution in [1.29, 1.82) is 0 Å². The molecule has 1 fully saturated rings. The summed E-state index contributed by atoms with van der Waals surface area (Å²) in [5.74, 6) is -0.707. The van der Waals surface area contributed by atoms with Crippen LogP contribution in [0, 0.1) is 0 Å². The minimum absolute atomic E-state index is 0.00275. The summed E-state index contributed by atoms with van der Waals surface area (Å²) in [5.41, 5.74) is 0.765. The van der Waals surface area contributed by atoms with Crippen LogP contribution in [0.4, 0.5) is 5.69 Å². The van der Waals surface area contributed by atoms with Crippen molar-refractivity contribution in [3.8, 4) is 0 Å². The first-order chi connectivity index (χ1) is 10.4. The summed E-state index contributed by atoms with van der Waals surface area (Å²) in [6, 6.07) is 6.12. The molecule has 0 atom stereocenters. The van der Waals surface area contributed by atoms with Crippen LogP contribution in [0.15, 0.2) is 24.3 Å². The first-order valence-corrected chi connectivity index (χ1v) is 8.89. The molecule has 0 spiro atoms. The number of carbonyl (C=O) groups is 2. The monoisotopic (exact) mass is 324 g/mol. The molecule has 0 N–H and O–H groups in total. The predicted molar refractivity (Wildman–Crippen MR) is 84.2 cm³/mol. The zero-order valence-electron chi connectivity index (χ0n) is 12.8. The van der Waals surface area contributed by atoms with Gasteiger partial charge in [-0.3, -0.25) is 9.59 Å². The lowest BCUT2D eigenvalue weighted by Gasteiger charge is -2.18. The molecule has 1 heterocycles. The molecule has 2 amide bonds. The van der Waals surface area contributed by atoms with Gasteiger partial charge in [-0.25, -0.2) is 12.7 Å². The molecule has 1 aliphatic heterocycles. The average molecular weight is 324 g/mol. The Kier molecular flexibility index (Phi) is 4.85. The number of rotatable bonds is 5. The number of benzene rings is 1. The Labute approximate surface area is 130 Å². The number of hydrogen-bond donors (Lipinski definition) is 0. The third kappa shape index (κ3) is 3.30. The van der Waals surface area contributed by atoms with Crippen LogP contribution in [0.25, 0.3) is 0 Å². The molecule has 0 aliphatic carbocycles. The largest absolute Gasteiger partial charge is 0.342 e. The maximum absolute atomic E-state index is 12.2. The van der Waals surface area contributed by atoms with E-state index in [2.05, 4.69) is 6.92 Å². The zero-order valence-corrected chi connectivity index (χ0v) is 13.6. The van der Waals surface area contributed by atoms with Gasteiger partial charge in [0.25, 0.3) is 5.91 Å². The molecule has 0 radical (unpaired) electrons. The second-order valence-corrected chi connectivity index (χ2v) is 7.29. The van der Waals surface area contributed by atoms with Crippen molar-refractivity contribution in [3.63, 3.8) is 0 Å². The highest BCUT2D eigenvalue weighted by molar-refractivity contribution is 7.94. The highest BCUT2D eigenvalue weighted by Gasteiger charge is 2.36. The van der Waals surface area contributed by atoms with E-state index in [4.69, 9.17) is 0 Å². The third-order valence-electron chi connectivity index (χ3n) is 3.62. The van der Waals surface area contributed by atoms with Gasteiger partial charge in [-0.1, -0.05) is 13.3 Å². The highest BCUT2D eigenvalue weighted by atomic mass is 32.2. The third-order valence-corrected chi connectivity index (χ3v) is 5.31. The van der Waals surface area contributed by atoms with E-state index in [9.17, 15) is 18.0 Å². The maximum Gasteiger partial charge on any atom is 0.253 e. The molecule has 7 heteroatoms. The first kappa shape index (κ1) is 16.5. The second-order valence-electron chi connectivity index (χ2n) is 5.35. The number of amides is 2. The van der Waals surface area contributed by atoms with E-state index < -0.39 is 15.9 Å². The summed E-state index contributed by atoms with van der Waals surface area (Å²) < 4.78 is 24.5. The summed E-state index contributed by atoms with van der Waals surface area (Å²) in [7, 11) is -1.83. The van der Waals surface area contributed by atoms with E-state index >= 15 is 0 Å². The fourth-order valence-corrected chi connectivity index (χ4v) is 3.79. The number of carbonyl (C=O) groups excluding carboxylic acids is 2. The van der Waals surface area contributed by atoms with Gasteiger partial charge in [0.2, 0.25) is 15.9 Å². The molecule has 1 saturated heterocycles. The smallest absolute Gasteiger partial charge is 0.253 e. The Hall–Kier alpha value is -1.89. The number of sulfonamides is 1. The van der Waals surface area contributed by atoms with Gasteiger partial charge >= 0.3 is 0 Å². The van der Waals surface area contributed by atoms with Crippen LogP contribution < -0.4 is 4.31 Å². The predicted octanol–water partition coefficient (Wildman–Crippen LogP) is 1.63. The maximum atomic E-state index is 12.2. The Morgan fingerprint density at radius 2 is 1.91 bits per heavy atom. The van der Waals surface area contributed by atoms with Crippen molar-refractivity contribution in [1.82, 2.24) is 4.90 Å². The van der Waals surface area contributed by atoms with Crippen LogP contribution in [-0.4, -0.2) is 44.5 Å². The number of unbranched alkanes of at least 4 members (excludes halogenated alkanes) is 1. The van der Waals surface area contributed by atoms with Gasteiger partial charge in [-0.05, 0) is 30.7 Å². The van der Waals surface area contributed by atoms with Crippen molar-refractivity contribution in [2.45, 2.75) is 26.2 Å². The van der Waals surface area contributed by atoms with Gasteiger partial charge in [0.05, 0.1) is 11.4 Å². The Balaban J connectivity index is 2.17. The van der Waals surface area contributed by atoms with Crippen molar-refractivity contribution in [2.75, 3.05) is 23.7 Å². The van der Waals surface area contributed by atoms with E-state index in [1.165, 1.54) is 12.1 Å². The second kappa shape index (κ2) is 6.48. The first-order valence-electron chi connectivity index (χ1n) is 7.28. The Morgan fingerprint density at radius 3 is 2.41 bits per heavy atom. The molecule has 0 bridgehead atoms. The lowest BCUT2D eigenvalue weighted by molar-refractivity contribution is -0.116. The van der Waals surface area contributed by atoms with Crippen LogP contribution in [0.5, 0.6) is 0 Å². The van der Waals surface area contributed by atoms with Crippen LogP contribution in [-0.2, 0) is 14.8 Å². The van der Waals surface area contributed by atoms with Crippen molar-refractivity contribution in [3.05, 3.63) is 29.8 Å². The molecule has 1 aromatic rings. The normalized spacial score (nSPS) is 16.8. The molecule has 2 rings (SSSR count). The fraction of sp³-hybridized carbons (Fsp3) is 0.467. The van der Waals surface area contributed by atoms with Crippen LogP contribution >= 0.6 is 0 Å². The summed E-state index contributed by atoms with van der Waals surface area (Å²) >= 11 is 0. The van der Waals surface area contributed by atoms with E-state index in [1.54, 1.807) is 24.1 Å². The molecule has 1 aliphatic rings. The molecule has 120 valence electrons. The molecular formula is C15H20N2O4S. The summed E-state index contributed by atoms with van der Waals surface area (Å²) in [6.45, 7) is 2.73. The van der Waals surface area contributed by atoms with Crippen molar-refractivity contribution >= 4 is 27.5 Å². The fourth-order valence-electron chi connectivity index (χ4n) is 2.33. The molecule has 1 aromatic carbocycles. The van der Waals surface area contributed by atoms with E-state index in [0.29, 0.717) is 12.1 Å². The molecule has 0 aromatic heterocycles. The van der Waals surface area contributed by atoms with Gasteiger partial charge in [0, 0.05) is 25.6 Å². The number of anilines is 1. The van der Waals surface area contributed by atoms with Crippen molar-refractivity contribution in [2.24, 2.45) is 0 Å². The molecule has 0 saturated carbocycles. The van der Waals surface area contributed by atoms with Gasteiger partial charge in [-0.15, -0.1) is 0 Å². The van der Waals surface area contributed by atoms with Crippen LogP contribution in [0.2, 0.25) is 0 Å². The van der Waals surface area contributed by atoms with Gasteiger partial charge in [0.1, 0.15) is 0 Å². The number of hydrogen-bond acceptors (Lipinski definition) is 4. The van der Waals surface area contributed by atoms with Gasteiger partial charge in [0.15, 0.2) is 0 Å². The zero-order chi connectivity index (χ0) is 16.3. The lowest BCUT2D eigenvalue weighted by atomic mass is 10.1. The van der Waals surface area contributed by atoms with Crippen LogP contribution in [0.1, 0.15) is 36.5 Å². The van der Waals surface area contributed by atoms with Crippen molar-refractivity contribution < 1.29 is 18.0 Å². The molecular weight excluding hydrogens is 304 g/mol. The quantitative estimate of drug-likeness (QED) is 0.825. The standard InChI is InChI=1S/C15H20N2O4S/c1-3-4-10-16(2)15(19)12-5-7-13(8-6-12)17-14(18)9-11-22(17,20)21/h5-8H,3-4,9-11H2,1-2H3. The highest BCUT2D eigenvalue weighted by Crippen LogP contribution is 2.25. The topological polar surface area (TPSA) is 74.8 Å². The lowest BCUT2D eigenvalue weighted by Crippen LogP contribution is -2.30. The Bertz CT molecular complexity index is 667. The Morgan fingerprint density at radius 1 is 1.27 bits per heavy atom. The number of nitrogens with zero attached hydrogens (tertiary/aromatic N) is 2. The minimum atomic E-state index is -3.56. The summed E-state index contributed by atoms with van der Waals surface area (Å²) in [4.78, 5) is 25.5.